The fourth-order valence-electron chi connectivity index (χ4n) is 2.73. The topological polar surface area (TPSA) is 58.0 Å². The lowest BCUT2D eigenvalue weighted by Crippen LogP contribution is -1.97. The molecule has 0 spiro atoms. The molecule has 3 rings (SSSR count). The minimum atomic E-state index is 0.547. The minimum Gasteiger partial charge on any atom is -0.493 e. The lowest BCUT2D eigenvalue weighted by Gasteiger charge is -2.13. The Morgan fingerprint density at radius 2 is 1.81 bits per heavy atom. The fraction of sp³-hybridized carbons (Fsp3) is 0.227. The first kappa shape index (κ1) is 19.1. The number of fused-ring (bicyclic) bond motifs is 1. The number of methoxy groups -OCH3 is 1. The van der Waals surface area contributed by atoms with E-state index in [1.165, 1.54) is 0 Å². The summed E-state index contributed by atoms with van der Waals surface area (Å²) in [6.45, 7) is 6.48. The van der Waals surface area contributed by atoms with E-state index in [0.29, 0.717) is 18.1 Å². The molecule has 2 aromatic carbocycles. The quantitative estimate of drug-likeness (QED) is 0.614. The number of ether oxygens (including phenoxy) is 2. The van der Waals surface area contributed by atoms with Gasteiger partial charge < -0.3 is 14.5 Å². The van der Waals surface area contributed by atoms with Crippen LogP contribution >= 0.6 is 0 Å². The highest BCUT2D eigenvalue weighted by molar-refractivity contribution is 5.88. The Morgan fingerprint density at radius 1 is 1.08 bits per heavy atom. The van der Waals surface area contributed by atoms with Crippen LogP contribution in [0.2, 0.25) is 0 Å². The molecule has 0 radical (unpaired) electrons. The lowest BCUT2D eigenvalue weighted by molar-refractivity contribution is 0.311. The summed E-state index contributed by atoms with van der Waals surface area (Å²) in [5, 5.41) is 10.4. The van der Waals surface area contributed by atoms with E-state index in [2.05, 4.69) is 11.1 Å². The molecule has 0 atom stereocenters. The molecular weight excluding hydrogens is 324 g/mol. The summed E-state index contributed by atoms with van der Waals surface area (Å²) in [7, 11) is 1.61. The molecule has 3 aromatic rings. The highest BCUT2D eigenvalue weighted by atomic mass is 16.5. The van der Waals surface area contributed by atoms with Gasteiger partial charge in [0, 0.05) is 17.8 Å². The van der Waals surface area contributed by atoms with Crippen LogP contribution in [0.4, 0.5) is 0 Å². The number of aromatic nitrogens is 1. The van der Waals surface area contributed by atoms with Crippen molar-refractivity contribution in [2.75, 3.05) is 13.7 Å². The van der Waals surface area contributed by atoms with Gasteiger partial charge in [0.1, 0.15) is 0 Å². The van der Waals surface area contributed by atoms with Gasteiger partial charge in [-0.2, -0.15) is 5.26 Å². The van der Waals surface area contributed by atoms with Gasteiger partial charge in [0.25, 0.3) is 0 Å². The maximum Gasteiger partial charge on any atom is 0.161 e. The second-order valence-electron chi connectivity index (χ2n) is 5.27. The first-order valence-electron chi connectivity index (χ1n) is 8.75. The molecule has 0 amide bonds. The van der Waals surface area contributed by atoms with Crippen molar-refractivity contribution in [1.29, 1.82) is 5.26 Å². The van der Waals surface area contributed by atoms with Crippen molar-refractivity contribution < 1.29 is 9.47 Å². The number of H-pyrrole nitrogens is 1. The zero-order valence-corrected chi connectivity index (χ0v) is 15.7. The van der Waals surface area contributed by atoms with Gasteiger partial charge in [-0.05, 0) is 53.3 Å². The molecule has 0 aliphatic heterocycles. The summed E-state index contributed by atoms with van der Waals surface area (Å²) in [5.41, 5.74) is 3.76. The van der Waals surface area contributed by atoms with Crippen LogP contribution in [0.3, 0.4) is 0 Å². The van der Waals surface area contributed by atoms with Crippen molar-refractivity contribution in [3.05, 3.63) is 65.9 Å². The van der Waals surface area contributed by atoms with Crippen LogP contribution in [-0.2, 0) is 0 Å². The molecule has 0 saturated carbocycles. The van der Waals surface area contributed by atoms with Crippen molar-refractivity contribution in [2.45, 2.75) is 20.8 Å². The van der Waals surface area contributed by atoms with Crippen LogP contribution in [0.5, 0.6) is 11.5 Å². The Balaban J connectivity index is 0.00000117. The highest BCUT2D eigenvalue weighted by Crippen LogP contribution is 2.33. The third-order valence-corrected chi connectivity index (χ3v) is 3.85. The monoisotopic (exact) mass is 348 g/mol. The van der Waals surface area contributed by atoms with E-state index < -0.39 is 0 Å². The highest BCUT2D eigenvalue weighted by Gasteiger charge is 2.11. The van der Waals surface area contributed by atoms with Crippen molar-refractivity contribution >= 4 is 16.5 Å². The maximum absolute atomic E-state index is 9.22. The van der Waals surface area contributed by atoms with E-state index in [-0.39, 0.29) is 0 Å². The van der Waals surface area contributed by atoms with Crippen LogP contribution in [0.25, 0.3) is 16.5 Å². The Bertz CT molecular complexity index is 933. The number of allylic oxidation sites excluding steroid dienone is 1. The fourth-order valence-corrected chi connectivity index (χ4v) is 2.73. The van der Waals surface area contributed by atoms with Crippen LogP contribution in [-0.4, -0.2) is 18.7 Å². The molecule has 26 heavy (non-hydrogen) atoms. The van der Waals surface area contributed by atoms with Crippen LogP contribution < -0.4 is 9.47 Å². The third kappa shape index (κ3) is 4.07. The molecule has 1 heterocycles. The SMILES string of the molecule is CC.CCOc1cc(/C(=C/C#N)c2ccc3cc[nH]c3c2)ccc1OC. The van der Waals surface area contributed by atoms with Crippen LogP contribution in [0, 0.1) is 11.3 Å². The van der Waals surface area contributed by atoms with Gasteiger partial charge in [-0.1, -0.05) is 32.0 Å². The van der Waals surface area contributed by atoms with Gasteiger partial charge >= 0.3 is 0 Å². The maximum atomic E-state index is 9.22. The smallest absolute Gasteiger partial charge is 0.161 e. The number of aromatic amines is 1. The molecule has 4 nitrogen and oxygen atoms in total. The summed E-state index contributed by atoms with van der Waals surface area (Å²) in [6, 6.07) is 16.0. The van der Waals surface area contributed by atoms with Gasteiger partial charge in [-0.25, -0.2) is 0 Å². The van der Waals surface area contributed by atoms with Gasteiger partial charge in [-0.15, -0.1) is 0 Å². The molecule has 0 fully saturated rings. The van der Waals surface area contributed by atoms with Gasteiger partial charge in [0.15, 0.2) is 11.5 Å². The number of rotatable bonds is 5. The molecule has 4 heteroatoms. The molecule has 0 bridgehead atoms. The normalized spacial score (nSPS) is 10.7. The van der Waals surface area contributed by atoms with Crippen molar-refractivity contribution in [2.24, 2.45) is 0 Å². The van der Waals surface area contributed by atoms with E-state index in [4.69, 9.17) is 9.47 Å². The molecule has 1 N–H and O–H groups in total. The summed E-state index contributed by atoms with van der Waals surface area (Å²) in [5.74, 6) is 1.35. The molecule has 134 valence electrons. The van der Waals surface area contributed by atoms with Crippen molar-refractivity contribution in [1.82, 2.24) is 4.98 Å². The number of benzene rings is 2. The zero-order valence-electron chi connectivity index (χ0n) is 15.7. The largest absolute Gasteiger partial charge is 0.493 e. The summed E-state index contributed by atoms with van der Waals surface area (Å²) >= 11 is 0. The van der Waals surface area contributed by atoms with Gasteiger partial charge in [-0.3, -0.25) is 0 Å². The van der Waals surface area contributed by atoms with E-state index in [0.717, 1.165) is 27.6 Å². The second-order valence-corrected chi connectivity index (χ2v) is 5.27. The molecule has 0 unspecified atom stereocenters. The third-order valence-electron chi connectivity index (χ3n) is 3.85. The van der Waals surface area contributed by atoms with E-state index >= 15 is 0 Å². The number of hydrogen-bond donors (Lipinski definition) is 1. The van der Waals surface area contributed by atoms with Crippen molar-refractivity contribution in [3.63, 3.8) is 0 Å². The van der Waals surface area contributed by atoms with Gasteiger partial charge in [0.2, 0.25) is 0 Å². The average molecular weight is 348 g/mol. The predicted molar refractivity (Wildman–Crippen MR) is 107 cm³/mol. The number of nitrogens with one attached hydrogen (secondary N) is 1. The van der Waals surface area contributed by atoms with E-state index in [1.807, 2.05) is 69.4 Å². The first-order chi connectivity index (χ1) is 12.8. The molecule has 0 aliphatic rings. The summed E-state index contributed by atoms with van der Waals surface area (Å²) in [6.07, 6.45) is 3.46. The van der Waals surface area contributed by atoms with Crippen molar-refractivity contribution in [3.8, 4) is 17.6 Å². The number of hydrogen-bond acceptors (Lipinski definition) is 3. The Kier molecular flexibility index (Phi) is 6.87. The Labute approximate surface area is 154 Å². The van der Waals surface area contributed by atoms with Crippen LogP contribution in [0.1, 0.15) is 31.9 Å². The Hall–Kier alpha value is -3.19. The first-order valence-corrected chi connectivity index (χ1v) is 8.75. The summed E-state index contributed by atoms with van der Waals surface area (Å²) in [4.78, 5) is 3.20. The van der Waals surface area contributed by atoms with Gasteiger partial charge in [0.05, 0.1) is 19.8 Å². The number of nitrogens with zero attached hydrogens (tertiary/aromatic N) is 1. The van der Waals surface area contributed by atoms with E-state index in [9.17, 15) is 5.26 Å². The standard InChI is InChI=1S/C20H18N2O2.C2H6/c1-3-24-20-13-16(6-7-19(20)23-2)17(8-10-21)15-5-4-14-9-11-22-18(14)12-15;1-2/h4-9,11-13,22H,3H2,1-2H3;1-2H3/b17-8+;. The molecule has 0 aliphatic carbocycles. The average Bonchev–Trinajstić information content (AvgIpc) is 3.16. The molecule has 1 aromatic heterocycles. The zero-order chi connectivity index (χ0) is 18.9. The minimum absolute atomic E-state index is 0.547. The Morgan fingerprint density at radius 3 is 2.50 bits per heavy atom. The van der Waals surface area contributed by atoms with Crippen LogP contribution in [0.15, 0.2) is 54.7 Å². The van der Waals surface area contributed by atoms with E-state index in [1.54, 1.807) is 13.2 Å². The molecule has 0 saturated heterocycles. The molecular formula is C22H24N2O2. The summed E-state index contributed by atoms with van der Waals surface area (Å²) < 4.78 is 11.0. The number of nitriles is 1. The lowest BCUT2D eigenvalue weighted by atomic mass is 9.96. The second kappa shape index (κ2) is 9.33. The predicted octanol–water partition coefficient (Wildman–Crippen LogP) is 5.56.